The van der Waals surface area contributed by atoms with E-state index in [0.29, 0.717) is 19.3 Å². The van der Waals surface area contributed by atoms with Crippen molar-refractivity contribution in [3.05, 3.63) is 30.0 Å². The number of aromatic nitrogens is 2. The lowest BCUT2D eigenvalue weighted by atomic mass is 10.1. The van der Waals surface area contributed by atoms with Gasteiger partial charge in [0.2, 0.25) is 0 Å². The molecule has 2 heterocycles. The molecule has 6 nitrogen and oxygen atoms in total. The van der Waals surface area contributed by atoms with Gasteiger partial charge in [-0.15, -0.1) is 0 Å². The highest BCUT2D eigenvalue weighted by atomic mass is 16.5. The molecule has 0 fully saturated rings. The number of likely N-dealkylation sites (N-methyl/N-ethyl adjacent to an activating group) is 1. The number of nitrogens with zero attached hydrogens (tertiary/aromatic N) is 3. The van der Waals surface area contributed by atoms with Gasteiger partial charge in [-0.3, -0.25) is 9.58 Å². The predicted molar refractivity (Wildman–Crippen MR) is 108 cm³/mol. The van der Waals surface area contributed by atoms with Crippen molar-refractivity contribution >= 4 is 0 Å². The van der Waals surface area contributed by atoms with Crippen LogP contribution < -0.4 is 14.8 Å². The van der Waals surface area contributed by atoms with E-state index in [2.05, 4.69) is 48.3 Å². The molecule has 1 aliphatic heterocycles. The van der Waals surface area contributed by atoms with Gasteiger partial charge in [-0.05, 0) is 38.2 Å². The molecule has 0 aliphatic carbocycles. The van der Waals surface area contributed by atoms with E-state index in [1.165, 1.54) is 5.56 Å². The summed E-state index contributed by atoms with van der Waals surface area (Å²) in [5, 5.41) is 8.28. The lowest BCUT2D eigenvalue weighted by Gasteiger charge is -2.26. The molecule has 148 valence electrons. The number of ether oxygens (including phenoxy) is 2. The molecule has 1 unspecified atom stereocenters. The predicted octanol–water partition coefficient (Wildman–Crippen LogP) is 3.07. The number of hydrogen-bond donors (Lipinski definition) is 1. The lowest BCUT2D eigenvalue weighted by Crippen LogP contribution is -2.39. The summed E-state index contributed by atoms with van der Waals surface area (Å²) in [5.74, 6) is 1.63. The maximum absolute atomic E-state index is 5.84. The van der Waals surface area contributed by atoms with Gasteiger partial charge in [-0.25, -0.2) is 0 Å². The Morgan fingerprint density at radius 3 is 2.67 bits per heavy atom. The number of rotatable bonds is 8. The second-order valence-corrected chi connectivity index (χ2v) is 7.09. The van der Waals surface area contributed by atoms with E-state index >= 15 is 0 Å². The summed E-state index contributed by atoms with van der Waals surface area (Å²) in [4.78, 5) is 2.46. The minimum atomic E-state index is 0.512. The third-order valence-corrected chi connectivity index (χ3v) is 5.12. The molecule has 2 aromatic rings. The third kappa shape index (κ3) is 4.82. The average molecular weight is 373 g/mol. The van der Waals surface area contributed by atoms with E-state index in [9.17, 15) is 0 Å². The van der Waals surface area contributed by atoms with Crippen LogP contribution in [0, 0.1) is 0 Å². The number of benzene rings is 1. The van der Waals surface area contributed by atoms with Crippen molar-refractivity contribution in [1.29, 1.82) is 0 Å². The fraction of sp³-hybridized carbons (Fsp3) is 0.571. The molecule has 0 bridgehead atoms. The molecule has 6 heteroatoms. The monoisotopic (exact) mass is 372 g/mol. The fourth-order valence-electron chi connectivity index (χ4n) is 3.61. The Morgan fingerprint density at radius 1 is 1.19 bits per heavy atom. The summed E-state index contributed by atoms with van der Waals surface area (Å²) < 4.78 is 13.5. The van der Waals surface area contributed by atoms with Crippen LogP contribution in [0.1, 0.15) is 32.8 Å². The van der Waals surface area contributed by atoms with E-state index in [1.807, 2.05) is 23.9 Å². The Kier molecular flexibility index (Phi) is 6.74. The first-order valence-electron chi connectivity index (χ1n) is 9.99. The van der Waals surface area contributed by atoms with Crippen molar-refractivity contribution in [2.24, 2.45) is 7.05 Å². The molecule has 1 aliphatic rings. The van der Waals surface area contributed by atoms with Gasteiger partial charge in [0.05, 0.1) is 18.9 Å². The molecule has 0 spiro atoms. The van der Waals surface area contributed by atoms with Gasteiger partial charge in [0.15, 0.2) is 11.5 Å². The molecule has 0 amide bonds. The van der Waals surface area contributed by atoms with Crippen molar-refractivity contribution in [3.8, 4) is 22.8 Å². The summed E-state index contributed by atoms with van der Waals surface area (Å²) in [7, 11) is 1.97. The molecule has 3 rings (SSSR count). The Labute approximate surface area is 162 Å². The average Bonchev–Trinajstić information content (AvgIpc) is 2.88. The van der Waals surface area contributed by atoms with E-state index in [0.717, 1.165) is 55.4 Å². The zero-order chi connectivity index (χ0) is 19.2. The van der Waals surface area contributed by atoms with Gasteiger partial charge in [-0.1, -0.05) is 13.8 Å². The molecule has 0 radical (unpaired) electrons. The number of hydrogen-bond acceptors (Lipinski definition) is 5. The first-order chi connectivity index (χ1) is 13.1. The van der Waals surface area contributed by atoms with Crippen molar-refractivity contribution in [1.82, 2.24) is 20.0 Å². The molecule has 1 atom stereocenters. The van der Waals surface area contributed by atoms with Gasteiger partial charge in [0.1, 0.15) is 0 Å². The first-order valence-corrected chi connectivity index (χ1v) is 9.99. The van der Waals surface area contributed by atoms with E-state index in [4.69, 9.17) is 9.47 Å². The summed E-state index contributed by atoms with van der Waals surface area (Å²) in [6.45, 7) is 12.0. The topological polar surface area (TPSA) is 51.6 Å². The van der Waals surface area contributed by atoms with Crippen LogP contribution in [0.2, 0.25) is 0 Å². The minimum Gasteiger partial charge on any atom is -0.490 e. The smallest absolute Gasteiger partial charge is 0.161 e. The van der Waals surface area contributed by atoms with Gasteiger partial charge < -0.3 is 14.8 Å². The molecular weight excluding hydrogens is 340 g/mol. The highest BCUT2D eigenvalue weighted by Crippen LogP contribution is 2.34. The first kappa shape index (κ1) is 19.7. The minimum absolute atomic E-state index is 0.512. The van der Waals surface area contributed by atoms with Crippen LogP contribution in [0.5, 0.6) is 11.5 Å². The molecular formula is C21H32N4O2. The van der Waals surface area contributed by atoms with Gasteiger partial charge >= 0.3 is 0 Å². The van der Waals surface area contributed by atoms with Gasteiger partial charge in [0.25, 0.3) is 0 Å². The lowest BCUT2D eigenvalue weighted by molar-refractivity contribution is 0.225. The number of fused-ring (bicyclic) bond motifs is 1. The Bertz CT molecular complexity index is 740. The maximum Gasteiger partial charge on any atom is 0.161 e. The SMILES string of the molecule is CCN(CC)C(C)CNCc1cn(C)nc1-c1ccc2c(c1)OCCCO2. The molecule has 0 saturated heterocycles. The standard InChI is InChI=1S/C21H32N4O2/c1-5-25(6-2)16(3)13-22-14-18-15-24(4)23-21(18)17-8-9-19-20(12-17)27-11-7-10-26-19/h8-9,12,15-16,22H,5-7,10-11,13-14H2,1-4H3. The summed E-state index contributed by atoms with van der Waals surface area (Å²) in [6, 6.07) is 6.62. The molecule has 1 aromatic carbocycles. The molecule has 0 saturated carbocycles. The summed E-state index contributed by atoms with van der Waals surface area (Å²) in [5.41, 5.74) is 3.25. The summed E-state index contributed by atoms with van der Waals surface area (Å²) in [6.07, 6.45) is 3.00. The Morgan fingerprint density at radius 2 is 1.93 bits per heavy atom. The highest BCUT2D eigenvalue weighted by molar-refractivity contribution is 5.66. The molecule has 27 heavy (non-hydrogen) atoms. The van der Waals surface area contributed by atoms with Gasteiger partial charge in [-0.2, -0.15) is 5.10 Å². The number of aryl methyl sites for hydroxylation is 1. The van der Waals surface area contributed by atoms with Crippen LogP contribution >= 0.6 is 0 Å². The van der Waals surface area contributed by atoms with E-state index in [-0.39, 0.29) is 0 Å². The van der Waals surface area contributed by atoms with Crippen LogP contribution in [0.15, 0.2) is 24.4 Å². The van der Waals surface area contributed by atoms with Crippen molar-refractivity contribution in [2.45, 2.75) is 39.8 Å². The maximum atomic E-state index is 5.84. The van der Waals surface area contributed by atoms with Crippen molar-refractivity contribution in [2.75, 3.05) is 32.8 Å². The summed E-state index contributed by atoms with van der Waals surface area (Å²) >= 11 is 0. The van der Waals surface area contributed by atoms with Crippen LogP contribution in [0.25, 0.3) is 11.3 Å². The third-order valence-electron chi connectivity index (χ3n) is 5.12. The van der Waals surface area contributed by atoms with Crippen molar-refractivity contribution < 1.29 is 9.47 Å². The van der Waals surface area contributed by atoms with E-state index in [1.54, 1.807) is 0 Å². The second-order valence-electron chi connectivity index (χ2n) is 7.09. The Balaban J connectivity index is 1.72. The largest absolute Gasteiger partial charge is 0.490 e. The highest BCUT2D eigenvalue weighted by Gasteiger charge is 2.16. The van der Waals surface area contributed by atoms with Crippen LogP contribution in [0.4, 0.5) is 0 Å². The zero-order valence-electron chi connectivity index (χ0n) is 17.0. The second kappa shape index (κ2) is 9.24. The van der Waals surface area contributed by atoms with Gasteiger partial charge in [0, 0.05) is 49.9 Å². The Hall–Kier alpha value is -2.05. The number of nitrogens with one attached hydrogen (secondary N) is 1. The van der Waals surface area contributed by atoms with Crippen LogP contribution in [0.3, 0.4) is 0 Å². The van der Waals surface area contributed by atoms with Crippen LogP contribution in [-0.4, -0.2) is 53.6 Å². The molecule has 1 aromatic heterocycles. The van der Waals surface area contributed by atoms with Crippen molar-refractivity contribution in [3.63, 3.8) is 0 Å². The zero-order valence-corrected chi connectivity index (χ0v) is 17.0. The normalized spacial score (nSPS) is 15.0. The fourth-order valence-corrected chi connectivity index (χ4v) is 3.61. The van der Waals surface area contributed by atoms with Crippen LogP contribution in [-0.2, 0) is 13.6 Å². The molecule has 1 N–H and O–H groups in total. The van der Waals surface area contributed by atoms with E-state index < -0.39 is 0 Å². The quantitative estimate of drug-likeness (QED) is 0.772.